The summed E-state index contributed by atoms with van der Waals surface area (Å²) in [6.07, 6.45) is 1.95. The van der Waals surface area contributed by atoms with Crippen LogP contribution in [0.5, 0.6) is 0 Å². The fourth-order valence-corrected chi connectivity index (χ4v) is 5.25. The molecule has 5 heteroatoms. The second kappa shape index (κ2) is 8.16. The van der Waals surface area contributed by atoms with Crippen LogP contribution in [0.2, 0.25) is 0 Å². The summed E-state index contributed by atoms with van der Waals surface area (Å²) in [5, 5.41) is 19.0. The first-order valence-corrected chi connectivity index (χ1v) is 11.6. The molecule has 0 unspecified atom stereocenters. The van der Waals surface area contributed by atoms with Gasteiger partial charge in [0.15, 0.2) is 0 Å². The van der Waals surface area contributed by atoms with Crippen molar-refractivity contribution in [3.05, 3.63) is 72.3 Å². The van der Waals surface area contributed by atoms with E-state index in [0.29, 0.717) is 6.54 Å². The van der Waals surface area contributed by atoms with Crippen molar-refractivity contribution < 1.29 is 9.68 Å². The van der Waals surface area contributed by atoms with E-state index in [9.17, 15) is 5.11 Å². The number of anilines is 1. The van der Waals surface area contributed by atoms with Gasteiger partial charge in [-0.3, -0.25) is 5.01 Å². The van der Waals surface area contributed by atoms with Crippen LogP contribution >= 0.6 is 0 Å². The zero-order valence-electron chi connectivity index (χ0n) is 19.8. The highest BCUT2D eigenvalue weighted by Crippen LogP contribution is 2.38. The molecule has 33 heavy (non-hydrogen) atoms. The van der Waals surface area contributed by atoms with Crippen molar-refractivity contribution in [2.45, 2.75) is 32.7 Å². The number of aliphatic hydroxyl groups is 1. The van der Waals surface area contributed by atoms with E-state index in [0.717, 1.165) is 17.9 Å². The second-order valence-electron chi connectivity index (χ2n) is 9.14. The highest BCUT2D eigenvalue weighted by atomic mass is 16.3. The number of aromatic nitrogens is 1. The molecule has 1 aliphatic rings. The number of para-hydroxylation sites is 2. The quantitative estimate of drug-likeness (QED) is 0.252. The molecule has 168 valence electrons. The van der Waals surface area contributed by atoms with Gasteiger partial charge in [-0.1, -0.05) is 36.4 Å². The van der Waals surface area contributed by atoms with Crippen LogP contribution in [-0.4, -0.2) is 46.4 Å². The molecule has 0 saturated heterocycles. The molecule has 0 aliphatic carbocycles. The normalized spacial score (nSPS) is 15.2. The van der Waals surface area contributed by atoms with Gasteiger partial charge >= 0.3 is 0 Å². The van der Waals surface area contributed by atoms with Gasteiger partial charge in [-0.05, 0) is 45.0 Å². The molecule has 0 saturated carbocycles. The number of aliphatic hydroxyl groups excluding tert-OH is 1. The number of rotatable bonds is 6. The summed E-state index contributed by atoms with van der Waals surface area (Å²) in [4.78, 5) is 0. The van der Waals surface area contributed by atoms with Gasteiger partial charge < -0.3 is 9.67 Å². The zero-order chi connectivity index (χ0) is 23.2. The first-order chi connectivity index (χ1) is 16.0. The Kier molecular flexibility index (Phi) is 5.29. The van der Waals surface area contributed by atoms with E-state index in [1.165, 1.54) is 33.1 Å². The maximum Gasteiger partial charge on any atom is 0.212 e. The number of hydrogen-bond acceptors (Lipinski definition) is 3. The highest BCUT2D eigenvalue weighted by Gasteiger charge is 2.43. The lowest BCUT2D eigenvalue weighted by Gasteiger charge is -2.19. The van der Waals surface area contributed by atoms with Gasteiger partial charge in [0, 0.05) is 40.0 Å². The molecule has 0 amide bonds. The number of fused-ring (bicyclic) bond motifs is 4. The molecule has 1 N–H and O–H groups in total. The van der Waals surface area contributed by atoms with Gasteiger partial charge in [-0.2, -0.15) is 9.68 Å². The fourth-order valence-electron chi connectivity index (χ4n) is 5.25. The van der Waals surface area contributed by atoms with Gasteiger partial charge in [0.1, 0.15) is 13.3 Å². The van der Waals surface area contributed by atoms with Crippen LogP contribution in [0, 0.1) is 0 Å². The number of hydrogen-bond donors (Lipinski definition) is 1. The Bertz CT molecular complexity index is 1410. The monoisotopic (exact) mass is 439 g/mol. The Morgan fingerprint density at radius 3 is 2.48 bits per heavy atom. The van der Waals surface area contributed by atoms with Crippen LogP contribution < -0.4 is 5.01 Å². The van der Waals surface area contributed by atoms with E-state index in [1.807, 2.05) is 11.2 Å². The molecular weight excluding hydrogens is 408 g/mol. The lowest BCUT2D eigenvalue weighted by atomic mass is 9.82. The second-order valence-corrected chi connectivity index (χ2v) is 9.14. The number of benzene rings is 3. The van der Waals surface area contributed by atoms with Crippen LogP contribution in [0.1, 0.15) is 26.3 Å². The summed E-state index contributed by atoms with van der Waals surface area (Å²) in [6.45, 7) is 8.02. The Hall–Kier alpha value is -3.44. The van der Waals surface area contributed by atoms with Gasteiger partial charge in [0.2, 0.25) is 11.4 Å². The van der Waals surface area contributed by atoms with Gasteiger partial charge in [-0.25, -0.2) is 0 Å². The molecule has 0 fully saturated rings. The smallest absolute Gasteiger partial charge is 0.212 e. The van der Waals surface area contributed by atoms with Gasteiger partial charge in [0.25, 0.3) is 0 Å². The van der Waals surface area contributed by atoms with E-state index in [1.54, 1.807) is 0 Å². The van der Waals surface area contributed by atoms with Crippen LogP contribution in [0.25, 0.3) is 21.8 Å². The lowest BCUT2D eigenvalue weighted by Crippen LogP contribution is -2.31. The molecule has 4 aromatic rings. The third-order valence-electron chi connectivity index (χ3n) is 6.94. The predicted octanol–water partition coefficient (Wildman–Crippen LogP) is 5.31. The van der Waals surface area contributed by atoms with Crippen LogP contribution in [0.4, 0.5) is 11.4 Å². The van der Waals surface area contributed by atoms with Gasteiger partial charge in [0.05, 0.1) is 24.3 Å². The minimum Gasteiger partial charge on any atom is -0.394 e. The average Bonchev–Trinajstić information content (AvgIpc) is 3.25. The summed E-state index contributed by atoms with van der Waals surface area (Å²) in [5.74, 6) is 0. The summed E-state index contributed by atoms with van der Waals surface area (Å²) < 4.78 is 4.56. The van der Waals surface area contributed by atoms with E-state index >= 15 is 0 Å². The summed E-state index contributed by atoms with van der Waals surface area (Å²) >= 11 is 0. The van der Waals surface area contributed by atoms with Crippen molar-refractivity contribution >= 4 is 45.1 Å². The molecule has 1 aromatic heterocycles. The summed E-state index contributed by atoms with van der Waals surface area (Å²) in [7, 11) is 2.09. The lowest BCUT2D eigenvalue weighted by molar-refractivity contribution is -0.400. The number of aryl methyl sites for hydroxylation is 1. The zero-order valence-corrected chi connectivity index (χ0v) is 19.8. The summed E-state index contributed by atoms with van der Waals surface area (Å²) in [5.41, 5.74) is 6.95. The third kappa shape index (κ3) is 3.35. The van der Waals surface area contributed by atoms with Crippen molar-refractivity contribution in [2.75, 3.05) is 25.2 Å². The minimum absolute atomic E-state index is 0.0287. The van der Waals surface area contributed by atoms with E-state index in [4.69, 9.17) is 5.10 Å². The van der Waals surface area contributed by atoms with Crippen molar-refractivity contribution in [3.8, 4) is 0 Å². The van der Waals surface area contributed by atoms with Crippen LogP contribution in [-0.2, 0) is 12.0 Å². The standard InChI is InChI=1S/C28H31N4O/c1-5-31-24-12-8-6-10-21(24)22-18-20(14-15-25(22)31)32(16-17-33)29-19-27-28(2,3)23-11-7-9-13-26(23)30(27)4/h6-15,18-19,33H,5,16-17H2,1-4H3/q+1. The van der Waals surface area contributed by atoms with E-state index in [-0.39, 0.29) is 12.0 Å². The highest BCUT2D eigenvalue weighted by molar-refractivity contribution is 6.33. The average molecular weight is 440 g/mol. The van der Waals surface area contributed by atoms with Crippen molar-refractivity contribution in [2.24, 2.45) is 5.10 Å². The molecule has 5 rings (SSSR count). The first-order valence-electron chi connectivity index (χ1n) is 11.6. The Morgan fingerprint density at radius 1 is 1.00 bits per heavy atom. The predicted molar refractivity (Wildman–Crippen MR) is 138 cm³/mol. The molecule has 5 nitrogen and oxygen atoms in total. The molecule has 1 aliphatic heterocycles. The Labute approximate surface area is 194 Å². The van der Waals surface area contributed by atoms with Gasteiger partial charge in [-0.15, -0.1) is 0 Å². The Balaban J connectivity index is 1.57. The topological polar surface area (TPSA) is 43.8 Å². The van der Waals surface area contributed by atoms with Crippen molar-refractivity contribution in [1.29, 1.82) is 0 Å². The van der Waals surface area contributed by atoms with Crippen LogP contribution in [0.15, 0.2) is 71.8 Å². The largest absolute Gasteiger partial charge is 0.394 e. The Morgan fingerprint density at radius 2 is 1.73 bits per heavy atom. The number of hydrazone groups is 1. The molecule has 0 bridgehead atoms. The van der Waals surface area contributed by atoms with E-state index in [2.05, 4.69) is 104 Å². The summed E-state index contributed by atoms with van der Waals surface area (Å²) in [6, 6.07) is 23.5. The first kappa shape index (κ1) is 21.4. The van der Waals surface area contributed by atoms with Crippen molar-refractivity contribution in [3.63, 3.8) is 0 Å². The minimum atomic E-state index is -0.141. The molecule has 3 aromatic carbocycles. The molecule has 0 radical (unpaired) electrons. The molecule has 0 spiro atoms. The number of nitrogens with zero attached hydrogens (tertiary/aromatic N) is 4. The maximum atomic E-state index is 9.78. The fraction of sp³-hybridized carbons (Fsp3) is 0.286. The molecule has 0 atom stereocenters. The maximum absolute atomic E-state index is 9.78. The SMILES string of the molecule is CCn1c2ccccc2c2cc(N(CCO)N=CC3=[N+](C)c4ccccc4C3(C)C)ccc21. The van der Waals surface area contributed by atoms with Crippen molar-refractivity contribution in [1.82, 2.24) is 4.57 Å². The molecular formula is C28H31N4O+. The third-order valence-corrected chi connectivity index (χ3v) is 6.94. The van der Waals surface area contributed by atoms with E-state index < -0.39 is 0 Å². The molecule has 2 heterocycles. The van der Waals surface area contributed by atoms with Crippen LogP contribution in [0.3, 0.4) is 0 Å².